The van der Waals surface area contributed by atoms with E-state index in [1.807, 2.05) is 24.3 Å². The maximum atomic E-state index is 4.06. The Labute approximate surface area is 64.9 Å². The normalized spacial score (nSPS) is 7.62. The Morgan fingerprint density at radius 2 is 1.75 bits per heavy atom. The minimum atomic E-state index is 0. The minimum absolute atomic E-state index is 0. The molecule has 0 bridgehead atoms. The van der Waals surface area contributed by atoms with Crippen molar-refractivity contribution >= 4 is 12.6 Å². The van der Waals surface area contributed by atoms with Gasteiger partial charge in [-0.2, -0.15) is 0 Å². The van der Waals surface area contributed by atoms with Crippen LogP contribution in [0.5, 0.6) is 0 Å². The van der Waals surface area contributed by atoms with Crippen LogP contribution in [0.25, 0.3) is 0 Å². The summed E-state index contributed by atoms with van der Waals surface area (Å²) in [5.74, 6) is 0. The fourth-order valence-corrected chi connectivity index (χ4v) is 0.527. The van der Waals surface area contributed by atoms with Gasteiger partial charge in [-0.25, -0.2) is 0 Å². The van der Waals surface area contributed by atoms with Crippen molar-refractivity contribution in [3.8, 4) is 0 Å². The molecule has 44 valence electrons. The van der Waals surface area contributed by atoms with Crippen LogP contribution in [0.2, 0.25) is 0 Å². The van der Waals surface area contributed by atoms with Crippen LogP contribution in [0.1, 0.15) is 0 Å². The van der Waals surface area contributed by atoms with Crippen LogP contribution in [0.3, 0.4) is 0 Å². The second-order valence-electron chi connectivity index (χ2n) is 1.26. The van der Waals surface area contributed by atoms with Crippen LogP contribution in [0.4, 0.5) is 0 Å². The van der Waals surface area contributed by atoms with Crippen LogP contribution >= 0.6 is 12.6 Å². The zero-order chi connectivity index (χ0) is 5.11. The van der Waals surface area contributed by atoms with Crippen molar-refractivity contribution in [1.82, 2.24) is 0 Å². The van der Waals surface area contributed by atoms with Crippen LogP contribution in [0.15, 0.2) is 29.2 Å². The Balaban J connectivity index is 0.000000490. The van der Waals surface area contributed by atoms with Gasteiger partial charge in [-0.3, -0.25) is 0 Å². The van der Waals surface area contributed by atoms with E-state index in [1.165, 1.54) is 0 Å². The van der Waals surface area contributed by atoms with Gasteiger partial charge in [0.2, 0.25) is 0 Å². The predicted molar refractivity (Wildman–Crippen MR) is 32.5 cm³/mol. The average Bonchev–Trinajstić information content (AvgIpc) is 1.69. The summed E-state index contributed by atoms with van der Waals surface area (Å²) in [6.07, 6.45) is 0. The van der Waals surface area contributed by atoms with E-state index in [4.69, 9.17) is 0 Å². The van der Waals surface area contributed by atoms with E-state index in [0.29, 0.717) is 0 Å². The van der Waals surface area contributed by atoms with Gasteiger partial charge >= 0.3 is 0 Å². The van der Waals surface area contributed by atoms with Crippen molar-refractivity contribution in [2.45, 2.75) is 4.90 Å². The average molecular weight is 168 g/mol. The molecule has 0 unspecified atom stereocenters. The van der Waals surface area contributed by atoms with Gasteiger partial charge < -0.3 is 0 Å². The topological polar surface area (TPSA) is 0 Å². The van der Waals surface area contributed by atoms with E-state index in [9.17, 15) is 0 Å². The zero-order valence-electron chi connectivity index (χ0n) is 4.09. The van der Waals surface area contributed by atoms with E-state index >= 15 is 0 Å². The summed E-state index contributed by atoms with van der Waals surface area (Å²) >= 11 is 4.06. The molecular weight excluding hydrogens is 163 g/mol. The molecule has 8 heavy (non-hydrogen) atoms. The van der Waals surface area contributed by atoms with Crippen LogP contribution in [0, 0.1) is 6.07 Å². The molecule has 0 aliphatic heterocycles. The third-order valence-electron chi connectivity index (χ3n) is 0.701. The molecule has 0 atom stereocenters. The van der Waals surface area contributed by atoms with Gasteiger partial charge in [0.15, 0.2) is 0 Å². The van der Waals surface area contributed by atoms with E-state index in [-0.39, 0.29) is 16.8 Å². The van der Waals surface area contributed by atoms with Crippen LogP contribution < -0.4 is 0 Å². The third kappa shape index (κ3) is 2.40. The largest absolute Gasteiger partial charge is 0.143 e. The standard InChI is InChI=1S/C6H5S.Co/c7-6-4-2-1-3-5-6;/h2-5,7H;. The first-order valence-corrected chi connectivity index (χ1v) is 2.49. The van der Waals surface area contributed by atoms with E-state index < -0.39 is 0 Å². The van der Waals surface area contributed by atoms with Crippen LogP contribution in [-0.2, 0) is 16.8 Å². The number of hydrogen-bond acceptors (Lipinski definition) is 1. The van der Waals surface area contributed by atoms with Gasteiger partial charge in [0.1, 0.15) is 0 Å². The molecule has 0 amide bonds. The number of hydrogen-bond donors (Lipinski definition) is 1. The van der Waals surface area contributed by atoms with E-state index in [1.54, 1.807) is 0 Å². The van der Waals surface area contributed by atoms with Crippen molar-refractivity contribution in [2.75, 3.05) is 0 Å². The number of benzene rings is 1. The molecule has 2 heteroatoms. The molecule has 0 aromatic heterocycles. The SMILES string of the molecule is Sc1cc[c]cc1.[Co]. The molecule has 0 N–H and O–H groups in total. The van der Waals surface area contributed by atoms with Crippen molar-refractivity contribution in [3.05, 3.63) is 30.3 Å². The van der Waals surface area contributed by atoms with Crippen LogP contribution in [-0.4, -0.2) is 0 Å². The second-order valence-corrected chi connectivity index (χ2v) is 1.77. The molecule has 2 radical (unpaired) electrons. The first kappa shape index (κ1) is 8.08. The third-order valence-corrected chi connectivity index (χ3v) is 0.999. The van der Waals surface area contributed by atoms with Crippen molar-refractivity contribution < 1.29 is 16.8 Å². The molecule has 0 fully saturated rings. The molecular formula is C6H5CoS. The van der Waals surface area contributed by atoms with E-state index in [0.717, 1.165) is 4.90 Å². The minimum Gasteiger partial charge on any atom is -0.143 e. The molecule has 0 spiro atoms. The Morgan fingerprint density at radius 3 is 2.00 bits per heavy atom. The molecule has 1 aromatic rings. The summed E-state index contributed by atoms with van der Waals surface area (Å²) < 4.78 is 0. The van der Waals surface area contributed by atoms with Crippen molar-refractivity contribution in [3.63, 3.8) is 0 Å². The summed E-state index contributed by atoms with van der Waals surface area (Å²) in [6, 6.07) is 10.3. The smallest absolute Gasteiger partial charge is 0.00404 e. The second kappa shape index (κ2) is 4.01. The van der Waals surface area contributed by atoms with Gasteiger partial charge in [-0.05, 0) is 18.2 Å². The first-order valence-electron chi connectivity index (χ1n) is 2.04. The fourth-order valence-electron chi connectivity index (χ4n) is 0.378. The first-order chi connectivity index (χ1) is 3.39. The monoisotopic (exact) mass is 168 g/mol. The summed E-state index contributed by atoms with van der Waals surface area (Å²) in [5.41, 5.74) is 0. The van der Waals surface area contributed by atoms with Gasteiger partial charge in [-0.15, -0.1) is 12.6 Å². The predicted octanol–water partition coefficient (Wildman–Crippen LogP) is 1.77. The van der Waals surface area contributed by atoms with Crippen molar-refractivity contribution in [1.29, 1.82) is 0 Å². The molecule has 0 saturated heterocycles. The summed E-state index contributed by atoms with van der Waals surface area (Å²) in [4.78, 5) is 0.985. The van der Waals surface area contributed by atoms with Crippen molar-refractivity contribution in [2.24, 2.45) is 0 Å². The maximum Gasteiger partial charge on any atom is 0.00404 e. The number of rotatable bonds is 0. The van der Waals surface area contributed by atoms with Gasteiger partial charge in [-0.1, -0.05) is 12.1 Å². The Kier molecular flexibility index (Phi) is 4.04. The Bertz CT molecular complexity index is 138. The molecule has 0 saturated carbocycles. The van der Waals surface area contributed by atoms with E-state index in [2.05, 4.69) is 18.7 Å². The fraction of sp³-hybridized carbons (Fsp3) is 0. The molecule has 1 aromatic carbocycles. The Morgan fingerprint density at radius 1 is 1.25 bits per heavy atom. The van der Waals surface area contributed by atoms with Gasteiger partial charge in [0.05, 0.1) is 0 Å². The summed E-state index contributed by atoms with van der Waals surface area (Å²) in [7, 11) is 0. The molecule has 0 aliphatic carbocycles. The zero-order valence-corrected chi connectivity index (χ0v) is 6.03. The number of thiol groups is 1. The summed E-state index contributed by atoms with van der Waals surface area (Å²) in [6.45, 7) is 0. The molecule has 0 heterocycles. The molecule has 0 nitrogen and oxygen atoms in total. The molecule has 1 rings (SSSR count). The quantitative estimate of drug-likeness (QED) is 0.561. The Hall–Kier alpha value is 0.0765. The van der Waals surface area contributed by atoms with Gasteiger partial charge in [0, 0.05) is 21.7 Å². The van der Waals surface area contributed by atoms with Gasteiger partial charge in [0.25, 0.3) is 0 Å². The summed E-state index contributed by atoms with van der Waals surface area (Å²) in [5, 5.41) is 0. The maximum absolute atomic E-state index is 4.06. The molecule has 0 aliphatic rings.